The largest absolute Gasteiger partial charge is 0.352 e. The summed E-state index contributed by atoms with van der Waals surface area (Å²) in [6.45, 7) is 0.342. The Balaban J connectivity index is 1.56. The molecule has 0 aliphatic rings. The van der Waals surface area contributed by atoms with Crippen molar-refractivity contribution in [2.45, 2.75) is 11.3 Å². The maximum Gasteiger partial charge on any atom is 0.264 e. The number of fused-ring (bicyclic) bond motifs is 1. The molecule has 158 valence electrons. The maximum absolute atomic E-state index is 13.0. The fourth-order valence-electron chi connectivity index (χ4n) is 2.94. The first kappa shape index (κ1) is 21.2. The molecule has 11 heteroatoms. The van der Waals surface area contributed by atoms with Gasteiger partial charge in [0, 0.05) is 29.9 Å². The third kappa shape index (κ3) is 4.82. The van der Waals surface area contributed by atoms with E-state index in [1.54, 1.807) is 18.3 Å². The summed E-state index contributed by atoms with van der Waals surface area (Å²) < 4.78 is 36.7. The number of nitrogens with zero attached hydrogens (tertiary/aromatic N) is 3. The van der Waals surface area contributed by atoms with Gasteiger partial charge in [-0.25, -0.2) is 8.42 Å². The molecule has 8 nitrogen and oxygen atoms in total. The Bertz CT molecular complexity index is 1340. The molecular weight excluding hydrogens is 458 g/mol. The summed E-state index contributed by atoms with van der Waals surface area (Å²) >= 11 is 6.99. The number of anilines is 1. The molecule has 2 N–H and O–H groups in total. The van der Waals surface area contributed by atoms with E-state index in [1.165, 1.54) is 24.3 Å². The summed E-state index contributed by atoms with van der Waals surface area (Å²) in [5.74, 6) is -0.432. The van der Waals surface area contributed by atoms with Crippen molar-refractivity contribution in [3.05, 3.63) is 77.1 Å². The van der Waals surface area contributed by atoms with Crippen LogP contribution in [0.1, 0.15) is 16.1 Å². The van der Waals surface area contributed by atoms with E-state index < -0.39 is 15.9 Å². The van der Waals surface area contributed by atoms with Crippen LogP contribution in [0, 0.1) is 0 Å². The minimum Gasteiger partial charge on any atom is -0.352 e. The molecular formula is C20H16ClN5O3S2. The quantitative estimate of drug-likeness (QED) is 0.424. The second kappa shape index (κ2) is 8.96. The summed E-state index contributed by atoms with van der Waals surface area (Å²) in [6.07, 6.45) is 2.22. The van der Waals surface area contributed by atoms with Gasteiger partial charge in [0.15, 0.2) is 0 Å². The minimum absolute atomic E-state index is 0.0276. The van der Waals surface area contributed by atoms with Crippen LogP contribution in [0.2, 0.25) is 5.02 Å². The molecule has 0 spiro atoms. The zero-order valence-electron chi connectivity index (χ0n) is 15.9. The van der Waals surface area contributed by atoms with Crippen molar-refractivity contribution in [2.75, 3.05) is 11.3 Å². The molecule has 4 aromatic rings. The van der Waals surface area contributed by atoms with Gasteiger partial charge in [0.2, 0.25) is 0 Å². The van der Waals surface area contributed by atoms with Crippen LogP contribution >= 0.6 is 23.3 Å². The number of hydrogen-bond donors (Lipinski definition) is 2. The number of carbonyl (C=O) groups excluding carboxylic acids is 1. The monoisotopic (exact) mass is 473 g/mol. The predicted octanol–water partition coefficient (Wildman–Crippen LogP) is 3.51. The number of carbonyl (C=O) groups is 1. The van der Waals surface area contributed by atoms with Crippen LogP contribution in [0.15, 0.2) is 65.7 Å². The number of nitrogens with one attached hydrogen (secondary N) is 2. The van der Waals surface area contributed by atoms with E-state index in [0.29, 0.717) is 18.5 Å². The van der Waals surface area contributed by atoms with Gasteiger partial charge in [-0.3, -0.25) is 14.5 Å². The molecule has 0 atom stereocenters. The molecule has 4 rings (SSSR count). The lowest BCUT2D eigenvalue weighted by atomic mass is 10.1. The van der Waals surface area contributed by atoms with Crippen LogP contribution < -0.4 is 10.0 Å². The summed E-state index contributed by atoms with van der Waals surface area (Å²) in [6, 6.07) is 14.6. The Morgan fingerprint density at radius 1 is 1.06 bits per heavy atom. The Morgan fingerprint density at radius 3 is 2.74 bits per heavy atom. The third-order valence-corrected chi connectivity index (χ3v) is 6.58. The van der Waals surface area contributed by atoms with Gasteiger partial charge in [0.05, 0.1) is 23.0 Å². The van der Waals surface area contributed by atoms with E-state index in [9.17, 15) is 13.2 Å². The first-order valence-corrected chi connectivity index (χ1v) is 11.7. The molecule has 31 heavy (non-hydrogen) atoms. The SMILES string of the molecule is O=C(NCCc1ccccn1)c1ccc(Cl)cc1NS(=O)(=O)c1cccc2nsnc12. The summed E-state index contributed by atoms with van der Waals surface area (Å²) in [7, 11) is -4.04. The normalized spacial score (nSPS) is 11.4. The lowest BCUT2D eigenvalue weighted by Gasteiger charge is -2.13. The Labute approximate surface area is 187 Å². The molecule has 0 saturated carbocycles. The maximum atomic E-state index is 13.0. The number of benzene rings is 2. The van der Waals surface area contributed by atoms with Gasteiger partial charge < -0.3 is 5.32 Å². The lowest BCUT2D eigenvalue weighted by molar-refractivity contribution is 0.0955. The minimum atomic E-state index is -4.04. The van der Waals surface area contributed by atoms with Crippen LogP contribution in [0.3, 0.4) is 0 Å². The van der Waals surface area contributed by atoms with Gasteiger partial charge in [-0.2, -0.15) is 8.75 Å². The first-order chi connectivity index (χ1) is 14.9. The van der Waals surface area contributed by atoms with Crippen molar-refractivity contribution in [2.24, 2.45) is 0 Å². The molecule has 2 aromatic carbocycles. The van der Waals surface area contributed by atoms with Crippen molar-refractivity contribution in [1.82, 2.24) is 19.0 Å². The smallest absolute Gasteiger partial charge is 0.264 e. The summed E-state index contributed by atoms with van der Waals surface area (Å²) in [5.41, 5.74) is 1.81. The van der Waals surface area contributed by atoms with Gasteiger partial charge in [0.1, 0.15) is 15.9 Å². The molecule has 0 fully saturated rings. The summed E-state index contributed by atoms with van der Waals surface area (Å²) in [5, 5.41) is 3.07. The topological polar surface area (TPSA) is 114 Å². The van der Waals surface area contributed by atoms with Crippen LogP contribution in [0.5, 0.6) is 0 Å². The predicted molar refractivity (Wildman–Crippen MR) is 120 cm³/mol. The molecule has 1 amide bonds. The van der Waals surface area contributed by atoms with Crippen molar-refractivity contribution in [1.29, 1.82) is 0 Å². The number of pyridine rings is 1. The first-order valence-electron chi connectivity index (χ1n) is 9.16. The zero-order chi connectivity index (χ0) is 21.8. The van der Waals surface area contributed by atoms with Crippen molar-refractivity contribution in [3.63, 3.8) is 0 Å². The van der Waals surface area contributed by atoms with E-state index in [1.807, 2.05) is 18.2 Å². The van der Waals surface area contributed by atoms with Crippen LogP contribution in [-0.4, -0.2) is 34.6 Å². The van der Waals surface area contributed by atoms with E-state index >= 15 is 0 Å². The van der Waals surface area contributed by atoms with Crippen LogP contribution in [0.4, 0.5) is 5.69 Å². The van der Waals surface area contributed by atoms with Crippen molar-refractivity contribution in [3.8, 4) is 0 Å². The number of sulfonamides is 1. The van der Waals surface area contributed by atoms with Gasteiger partial charge in [0.25, 0.3) is 15.9 Å². The van der Waals surface area contributed by atoms with Gasteiger partial charge >= 0.3 is 0 Å². The standard InChI is InChI=1S/C20H16ClN5O3S2/c21-13-7-8-15(20(27)23-11-9-14-4-1-2-10-22-14)17(12-13)26-31(28,29)18-6-3-5-16-19(18)25-30-24-16/h1-8,10,12,26H,9,11H2,(H,23,27). The summed E-state index contributed by atoms with van der Waals surface area (Å²) in [4.78, 5) is 16.9. The van der Waals surface area contributed by atoms with E-state index in [-0.39, 0.29) is 26.7 Å². The van der Waals surface area contributed by atoms with Crippen molar-refractivity contribution >= 4 is 56.0 Å². The number of aromatic nitrogens is 3. The number of rotatable bonds is 7. The van der Waals surface area contributed by atoms with Crippen LogP contribution in [-0.2, 0) is 16.4 Å². The molecule has 0 bridgehead atoms. The van der Waals surface area contributed by atoms with Gasteiger partial charge in [-0.1, -0.05) is 23.7 Å². The van der Waals surface area contributed by atoms with E-state index in [4.69, 9.17) is 11.6 Å². The fourth-order valence-corrected chi connectivity index (χ4v) is 4.95. The molecule has 0 aliphatic heterocycles. The molecule has 0 saturated heterocycles. The number of halogens is 1. The zero-order valence-corrected chi connectivity index (χ0v) is 18.3. The highest BCUT2D eigenvalue weighted by Gasteiger charge is 2.22. The lowest BCUT2D eigenvalue weighted by Crippen LogP contribution is -2.27. The van der Waals surface area contributed by atoms with Gasteiger partial charge in [-0.15, -0.1) is 0 Å². The van der Waals surface area contributed by atoms with E-state index in [2.05, 4.69) is 23.8 Å². The average molecular weight is 474 g/mol. The highest BCUT2D eigenvalue weighted by atomic mass is 35.5. The Hall–Kier alpha value is -3.08. The second-order valence-electron chi connectivity index (χ2n) is 6.51. The third-order valence-electron chi connectivity index (χ3n) is 4.40. The molecule has 0 aliphatic carbocycles. The van der Waals surface area contributed by atoms with Crippen molar-refractivity contribution < 1.29 is 13.2 Å². The number of hydrogen-bond acceptors (Lipinski definition) is 7. The Morgan fingerprint density at radius 2 is 1.94 bits per heavy atom. The Kier molecular flexibility index (Phi) is 6.12. The van der Waals surface area contributed by atoms with Gasteiger partial charge in [-0.05, 0) is 42.5 Å². The highest BCUT2D eigenvalue weighted by molar-refractivity contribution is 7.93. The highest BCUT2D eigenvalue weighted by Crippen LogP contribution is 2.27. The fraction of sp³-hybridized carbons (Fsp3) is 0.100. The molecule has 0 unspecified atom stereocenters. The second-order valence-corrected chi connectivity index (χ2v) is 9.13. The molecule has 2 heterocycles. The average Bonchev–Trinajstić information content (AvgIpc) is 3.23. The number of amides is 1. The van der Waals surface area contributed by atoms with E-state index in [0.717, 1.165) is 17.4 Å². The van der Waals surface area contributed by atoms with Crippen LogP contribution in [0.25, 0.3) is 11.0 Å². The molecule has 0 radical (unpaired) electrons. The molecule has 2 aromatic heterocycles.